The Bertz CT molecular complexity index is 239. The number of rotatable bonds is 2. The summed E-state index contributed by atoms with van der Waals surface area (Å²) in [6.07, 6.45) is -6.27. The molecule has 4 N–H and O–H groups in total. The fourth-order valence-electron chi connectivity index (χ4n) is 1.46. The average molecular weight is 223 g/mol. The number of carbonyl (C=O) groups is 1. The minimum atomic E-state index is -1.85. The van der Waals surface area contributed by atoms with E-state index < -0.39 is 43.2 Å². The van der Waals surface area contributed by atoms with E-state index in [4.69, 9.17) is 5.11 Å². The fraction of sp³-hybridized carbons (Fsp3) is 0.875. The average Bonchev–Trinajstić information content (AvgIpc) is 2.18. The molecule has 0 aromatic heterocycles. The van der Waals surface area contributed by atoms with Gasteiger partial charge in [-0.3, -0.25) is 4.79 Å². The van der Waals surface area contributed by atoms with E-state index in [1.807, 2.05) is 0 Å². The minimum Gasteiger partial charge on any atom is -0.394 e. The van der Waals surface area contributed by atoms with Crippen molar-refractivity contribution in [1.82, 2.24) is 5.32 Å². The lowest BCUT2D eigenvalue weighted by Crippen LogP contribution is -2.62. The number of nitrogens with one attached hydrogen (secondary N) is 1. The topological polar surface area (TPSA) is 99.0 Å². The third-order valence-electron chi connectivity index (χ3n) is 2.22. The Morgan fingerprint density at radius 1 is 1.53 bits per heavy atom. The van der Waals surface area contributed by atoms with Gasteiger partial charge in [-0.05, 0) is 0 Å². The van der Waals surface area contributed by atoms with Gasteiger partial charge in [0, 0.05) is 6.92 Å². The SMILES string of the molecule is CC(=O)N[C@@H]1[C@@H](O)[C@@H](F)[C@@H](CO)O[C@@H]1O. The van der Waals surface area contributed by atoms with Crippen LogP contribution in [0, 0.1) is 0 Å². The van der Waals surface area contributed by atoms with Crippen LogP contribution in [0.5, 0.6) is 0 Å². The molecule has 0 aromatic carbocycles. The minimum absolute atomic E-state index is 0.517. The van der Waals surface area contributed by atoms with Crippen LogP contribution >= 0.6 is 0 Å². The normalized spacial score (nSPS) is 41.3. The highest BCUT2D eigenvalue weighted by molar-refractivity contribution is 5.73. The molecule has 0 saturated carbocycles. The molecular weight excluding hydrogens is 209 g/mol. The highest BCUT2D eigenvalue weighted by Gasteiger charge is 2.45. The zero-order valence-electron chi connectivity index (χ0n) is 8.13. The number of hydrogen-bond donors (Lipinski definition) is 4. The molecule has 88 valence electrons. The second-order valence-corrected chi connectivity index (χ2v) is 3.41. The third-order valence-corrected chi connectivity index (χ3v) is 2.22. The number of carbonyl (C=O) groups excluding carboxylic acids is 1. The molecule has 1 aliphatic heterocycles. The smallest absolute Gasteiger partial charge is 0.217 e. The first-order valence-electron chi connectivity index (χ1n) is 4.51. The van der Waals surface area contributed by atoms with Crippen LogP contribution in [0.1, 0.15) is 6.92 Å². The van der Waals surface area contributed by atoms with Crippen LogP contribution in [0.3, 0.4) is 0 Å². The van der Waals surface area contributed by atoms with Crippen molar-refractivity contribution in [2.45, 2.75) is 37.6 Å². The number of aliphatic hydroxyl groups excluding tert-OH is 3. The Kier molecular flexibility index (Phi) is 3.97. The number of ether oxygens (including phenoxy) is 1. The van der Waals surface area contributed by atoms with Crippen LogP contribution in [0.15, 0.2) is 0 Å². The summed E-state index contributed by atoms with van der Waals surface area (Å²) in [6, 6.07) is -1.22. The molecule has 1 saturated heterocycles. The summed E-state index contributed by atoms with van der Waals surface area (Å²) in [5, 5.41) is 29.6. The Morgan fingerprint density at radius 3 is 2.60 bits per heavy atom. The molecule has 0 spiro atoms. The predicted molar refractivity (Wildman–Crippen MR) is 46.5 cm³/mol. The van der Waals surface area contributed by atoms with E-state index in [9.17, 15) is 19.4 Å². The van der Waals surface area contributed by atoms with E-state index >= 15 is 0 Å². The van der Waals surface area contributed by atoms with E-state index in [0.717, 1.165) is 0 Å². The fourth-order valence-corrected chi connectivity index (χ4v) is 1.46. The van der Waals surface area contributed by atoms with Crippen molar-refractivity contribution in [2.24, 2.45) is 0 Å². The van der Waals surface area contributed by atoms with Crippen molar-refractivity contribution in [1.29, 1.82) is 0 Å². The van der Waals surface area contributed by atoms with Gasteiger partial charge in [-0.25, -0.2) is 4.39 Å². The van der Waals surface area contributed by atoms with E-state index in [0.29, 0.717) is 0 Å². The lowest BCUT2D eigenvalue weighted by molar-refractivity contribution is -0.240. The van der Waals surface area contributed by atoms with E-state index in [-0.39, 0.29) is 0 Å². The number of amides is 1. The first-order valence-corrected chi connectivity index (χ1v) is 4.51. The molecule has 1 heterocycles. The van der Waals surface area contributed by atoms with Gasteiger partial charge in [-0.1, -0.05) is 0 Å². The Morgan fingerprint density at radius 2 is 2.13 bits per heavy atom. The summed E-state index contributed by atoms with van der Waals surface area (Å²) in [4.78, 5) is 10.7. The summed E-state index contributed by atoms with van der Waals surface area (Å²) in [5.41, 5.74) is 0. The van der Waals surface area contributed by atoms with Crippen LogP contribution in [0.2, 0.25) is 0 Å². The van der Waals surface area contributed by atoms with Crippen molar-refractivity contribution >= 4 is 5.91 Å². The maximum atomic E-state index is 13.3. The van der Waals surface area contributed by atoms with Gasteiger partial charge < -0.3 is 25.4 Å². The van der Waals surface area contributed by atoms with Crippen LogP contribution in [0.25, 0.3) is 0 Å². The molecule has 15 heavy (non-hydrogen) atoms. The summed E-state index contributed by atoms with van der Waals surface area (Å²) in [6.45, 7) is 0.521. The predicted octanol–water partition coefficient (Wildman–Crippen LogP) is -2.10. The van der Waals surface area contributed by atoms with Crippen LogP contribution in [-0.4, -0.2) is 58.5 Å². The number of alkyl halides is 1. The quantitative estimate of drug-likeness (QED) is 0.430. The van der Waals surface area contributed by atoms with Crippen LogP contribution in [0.4, 0.5) is 4.39 Å². The van der Waals surface area contributed by atoms with Gasteiger partial charge in [0.2, 0.25) is 5.91 Å². The van der Waals surface area contributed by atoms with Crippen LogP contribution in [-0.2, 0) is 9.53 Å². The highest BCUT2D eigenvalue weighted by atomic mass is 19.1. The zero-order chi connectivity index (χ0) is 11.6. The van der Waals surface area contributed by atoms with Gasteiger partial charge in [0.05, 0.1) is 6.61 Å². The maximum absolute atomic E-state index is 13.3. The van der Waals surface area contributed by atoms with Crippen molar-refractivity contribution in [3.63, 3.8) is 0 Å². The van der Waals surface area contributed by atoms with Crippen molar-refractivity contribution in [3.8, 4) is 0 Å². The molecule has 7 heteroatoms. The van der Waals surface area contributed by atoms with Gasteiger partial charge >= 0.3 is 0 Å². The van der Waals surface area contributed by atoms with E-state index in [1.165, 1.54) is 6.92 Å². The molecule has 0 aromatic rings. The zero-order valence-corrected chi connectivity index (χ0v) is 8.13. The first-order chi connectivity index (χ1) is 6.97. The van der Waals surface area contributed by atoms with Crippen molar-refractivity contribution in [3.05, 3.63) is 0 Å². The Labute approximate surface area is 85.7 Å². The van der Waals surface area contributed by atoms with Gasteiger partial charge in [0.25, 0.3) is 0 Å². The Balaban J connectivity index is 2.70. The number of halogens is 1. The van der Waals surface area contributed by atoms with E-state index in [1.54, 1.807) is 0 Å². The molecule has 1 rings (SSSR count). The molecule has 5 atom stereocenters. The van der Waals surface area contributed by atoms with Crippen LogP contribution < -0.4 is 5.32 Å². The molecule has 0 unspecified atom stereocenters. The summed E-state index contributed by atoms with van der Waals surface area (Å²) in [7, 11) is 0. The second kappa shape index (κ2) is 4.84. The third kappa shape index (κ3) is 2.63. The summed E-state index contributed by atoms with van der Waals surface area (Å²) < 4.78 is 18.0. The van der Waals surface area contributed by atoms with Crippen molar-refractivity contribution in [2.75, 3.05) is 6.61 Å². The van der Waals surface area contributed by atoms with E-state index in [2.05, 4.69) is 10.1 Å². The lowest BCUT2D eigenvalue weighted by Gasteiger charge is -2.38. The number of hydrogen-bond acceptors (Lipinski definition) is 5. The van der Waals surface area contributed by atoms with Gasteiger partial charge in [0.15, 0.2) is 12.5 Å². The second-order valence-electron chi connectivity index (χ2n) is 3.41. The molecule has 1 fully saturated rings. The summed E-state index contributed by atoms with van der Waals surface area (Å²) >= 11 is 0. The molecule has 0 bridgehead atoms. The molecule has 6 nitrogen and oxygen atoms in total. The molecule has 0 aliphatic carbocycles. The Hall–Kier alpha value is -0.760. The largest absolute Gasteiger partial charge is 0.394 e. The standard InChI is InChI=1S/C8H14FNO5/c1-3(12)10-6-7(13)5(9)4(2-11)15-8(6)14/h4-8,11,13-14H,2H2,1H3,(H,10,12)/t4-,5+,6-,7+,8+/m1/s1. The summed E-state index contributed by atoms with van der Waals surface area (Å²) in [5.74, 6) is -0.517. The van der Waals surface area contributed by atoms with Crippen molar-refractivity contribution < 1.29 is 29.2 Å². The molecule has 1 amide bonds. The first kappa shape index (κ1) is 12.3. The monoisotopic (exact) mass is 223 g/mol. The van der Waals surface area contributed by atoms with Gasteiger partial charge in [-0.15, -0.1) is 0 Å². The maximum Gasteiger partial charge on any atom is 0.217 e. The van der Waals surface area contributed by atoms with Gasteiger partial charge in [-0.2, -0.15) is 0 Å². The number of aliphatic hydroxyl groups is 3. The highest BCUT2D eigenvalue weighted by Crippen LogP contribution is 2.22. The molecule has 1 aliphatic rings. The molecular formula is C8H14FNO5. The molecule has 0 radical (unpaired) electrons. The van der Waals surface area contributed by atoms with Gasteiger partial charge in [0.1, 0.15) is 18.2 Å². The lowest BCUT2D eigenvalue weighted by atomic mass is 9.98.